The molecule has 2 aromatic rings. The van der Waals surface area contributed by atoms with E-state index in [1.54, 1.807) is 0 Å². The summed E-state index contributed by atoms with van der Waals surface area (Å²) in [4.78, 5) is 11.9. The fraction of sp³-hybridized carbons (Fsp3) is 0. The number of rotatable bonds is 2. The third-order valence-electron chi connectivity index (χ3n) is 2.36. The molecule has 18 heavy (non-hydrogen) atoms. The maximum absolute atomic E-state index is 13.4. The summed E-state index contributed by atoms with van der Waals surface area (Å²) >= 11 is 2.95. The Bertz CT molecular complexity index is 626. The van der Waals surface area contributed by atoms with Crippen LogP contribution in [0.15, 0.2) is 40.9 Å². The number of carbonyl (C=O) groups is 1. The van der Waals surface area contributed by atoms with E-state index in [1.807, 2.05) is 0 Å². The highest BCUT2D eigenvalue weighted by atomic mass is 79.9. The van der Waals surface area contributed by atoms with Gasteiger partial charge < -0.3 is 0 Å². The van der Waals surface area contributed by atoms with Crippen molar-refractivity contribution in [3.8, 4) is 0 Å². The normalized spacial score (nSPS) is 10.4. The van der Waals surface area contributed by atoms with Crippen LogP contribution in [0.2, 0.25) is 0 Å². The van der Waals surface area contributed by atoms with Crippen LogP contribution in [0.4, 0.5) is 13.2 Å². The van der Waals surface area contributed by atoms with Crippen LogP contribution in [0.5, 0.6) is 0 Å². The standard InChI is InChI=1S/C13H6BrF3O/c14-10-4-1-7(5-12(10)17)13(18)9-3-2-8(15)6-11(9)16/h1-6H. The molecule has 0 aliphatic heterocycles. The molecule has 2 aromatic carbocycles. The molecule has 0 N–H and O–H groups in total. The Kier molecular flexibility index (Phi) is 3.52. The molecule has 0 amide bonds. The minimum Gasteiger partial charge on any atom is -0.288 e. The second kappa shape index (κ2) is 4.94. The van der Waals surface area contributed by atoms with Gasteiger partial charge in [-0.05, 0) is 46.3 Å². The monoisotopic (exact) mass is 314 g/mol. The van der Waals surface area contributed by atoms with E-state index in [0.29, 0.717) is 6.07 Å². The lowest BCUT2D eigenvalue weighted by Crippen LogP contribution is -2.05. The van der Waals surface area contributed by atoms with Crippen LogP contribution >= 0.6 is 15.9 Å². The van der Waals surface area contributed by atoms with Crippen molar-refractivity contribution in [2.75, 3.05) is 0 Å². The first-order valence-electron chi connectivity index (χ1n) is 4.94. The van der Waals surface area contributed by atoms with E-state index in [0.717, 1.165) is 18.2 Å². The minimum atomic E-state index is -0.969. The Hall–Kier alpha value is -1.62. The van der Waals surface area contributed by atoms with Gasteiger partial charge in [0.1, 0.15) is 17.5 Å². The number of halogens is 4. The molecule has 1 nitrogen and oxygen atoms in total. The van der Waals surface area contributed by atoms with Crippen LogP contribution in [0, 0.1) is 17.5 Å². The average molecular weight is 315 g/mol. The van der Waals surface area contributed by atoms with E-state index in [1.165, 1.54) is 12.1 Å². The number of carbonyl (C=O) groups excluding carboxylic acids is 1. The van der Waals surface area contributed by atoms with Gasteiger partial charge in [0.15, 0.2) is 5.78 Å². The van der Waals surface area contributed by atoms with Crippen molar-refractivity contribution in [2.24, 2.45) is 0 Å². The smallest absolute Gasteiger partial charge is 0.196 e. The maximum Gasteiger partial charge on any atom is 0.196 e. The third-order valence-corrected chi connectivity index (χ3v) is 3.00. The summed E-state index contributed by atoms with van der Waals surface area (Å²) in [5.41, 5.74) is -0.292. The Morgan fingerprint density at radius 1 is 0.944 bits per heavy atom. The Balaban J connectivity index is 2.44. The van der Waals surface area contributed by atoms with Crippen molar-refractivity contribution >= 4 is 21.7 Å². The fourth-order valence-corrected chi connectivity index (χ4v) is 1.71. The van der Waals surface area contributed by atoms with E-state index in [2.05, 4.69) is 15.9 Å². The van der Waals surface area contributed by atoms with Crippen molar-refractivity contribution in [1.82, 2.24) is 0 Å². The molecule has 0 aromatic heterocycles. The largest absolute Gasteiger partial charge is 0.288 e. The van der Waals surface area contributed by atoms with Crippen LogP contribution in [-0.2, 0) is 0 Å². The zero-order valence-corrected chi connectivity index (χ0v) is 10.5. The van der Waals surface area contributed by atoms with Crippen molar-refractivity contribution in [3.63, 3.8) is 0 Å². The number of benzene rings is 2. The quantitative estimate of drug-likeness (QED) is 0.763. The summed E-state index contributed by atoms with van der Waals surface area (Å²) in [5, 5.41) is 0. The van der Waals surface area contributed by atoms with E-state index in [9.17, 15) is 18.0 Å². The van der Waals surface area contributed by atoms with E-state index in [4.69, 9.17) is 0 Å². The van der Waals surface area contributed by atoms with Crippen molar-refractivity contribution in [1.29, 1.82) is 0 Å². The van der Waals surface area contributed by atoms with Gasteiger partial charge >= 0.3 is 0 Å². The topological polar surface area (TPSA) is 17.1 Å². The molecule has 0 aliphatic rings. The number of hydrogen-bond acceptors (Lipinski definition) is 1. The molecule has 0 bridgehead atoms. The summed E-state index contributed by atoms with van der Waals surface area (Å²) in [5.74, 6) is -3.06. The predicted molar refractivity (Wildman–Crippen MR) is 63.9 cm³/mol. The molecular weight excluding hydrogens is 309 g/mol. The first-order valence-corrected chi connectivity index (χ1v) is 5.73. The van der Waals surface area contributed by atoms with Crippen molar-refractivity contribution < 1.29 is 18.0 Å². The van der Waals surface area contributed by atoms with Crippen LogP contribution in [-0.4, -0.2) is 5.78 Å². The van der Waals surface area contributed by atoms with Crippen molar-refractivity contribution in [2.45, 2.75) is 0 Å². The molecule has 0 saturated heterocycles. The highest BCUT2D eigenvalue weighted by molar-refractivity contribution is 9.10. The van der Waals surface area contributed by atoms with Crippen LogP contribution in [0.25, 0.3) is 0 Å². The van der Waals surface area contributed by atoms with Crippen LogP contribution in [0.1, 0.15) is 15.9 Å². The SMILES string of the molecule is O=C(c1ccc(Br)c(F)c1)c1ccc(F)cc1F. The minimum absolute atomic E-state index is 0.00112. The summed E-state index contributed by atoms with van der Waals surface area (Å²) < 4.78 is 39.6. The highest BCUT2D eigenvalue weighted by Crippen LogP contribution is 2.20. The van der Waals surface area contributed by atoms with Gasteiger partial charge in [-0.3, -0.25) is 4.79 Å². The lowest BCUT2D eigenvalue weighted by Gasteiger charge is -2.04. The Morgan fingerprint density at radius 2 is 1.67 bits per heavy atom. The van der Waals surface area contributed by atoms with Gasteiger partial charge in [-0.1, -0.05) is 0 Å². The van der Waals surface area contributed by atoms with E-state index >= 15 is 0 Å². The molecule has 0 aliphatic carbocycles. The first-order chi connectivity index (χ1) is 8.49. The van der Waals surface area contributed by atoms with Gasteiger partial charge in [0, 0.05) is 11.6 Å². The Morgan fingerprint density at radius 3 is 2.28 bits per heavy atom. The fourth-order valence-electron chi connectivity index (χ4n) is 1.47. The third kappa shape index (κ3) is 2.46. The van der Waals surface area contributed by atoms with E-state index in [-0.39, 0.29) is 15.6 Å². The summed E-state index contributed by atoms with van der Waals surface area (Å²) in [7, 11) is 0. The number of ketones is 1. The number of hydrogen-bond donors (Lipinski definition) is 0. The molecule has 0 spiro atoms. The molecule has 5 heteroatoms. The molecule has 0 heterocycles. The van der Waals surface area contributed by atoms with Gasteiger partial charge in [-0.15, -0.1) is 0 Å². The molecule has 0 saturated carbocycles. The lowest BCUT2D eigenvalue weighted by molar-refractivity contribution is 0.103. The molecule has 0 unspecified atom stereocenters. The van der Waals surface area contributed by atoms with Crippen LogP contribution < -0.4 is 0 Å². The highest BCUT2D eigenvalue weighted by Gasteiger charge is 2.15. The second-order valence-corrected chi connectivity index (χ2v) is 4.44. The molecule has 0 atom stereocenters. The second-order valence-electron chi connectivity index (χ2n) is 3.58. The summed E-state index contributed by atoms with van der Waals surface area (Å²) in [6.45, 7) is 0. The Labute approximate surface area is 109 Å². The summed E-state index contributed by atoms with van der Waals surface area (Å²) in [6, 6.07) is 6.33. The van der Waals surface area contributed by atoms with Gasteiger partial charge in [0.2, 0.25) is 0 Å². The zero-order valence-electron chi connectivity index (χ0n) is 8.88. The molecular formula is C13H6BrF3O. The van der Waals surface area contributed by atoms with Gasteiger partial charge in [0.25, 0.3) is 0 Å². The van der Waals surface area contributed by atoms with Gasteiger partial charge in [-0.2, -0.15) is 0 Å². The van der Waals surface area contributed by atoms with E-state index < -0.39 is 23.2 Å². The lowest BCUT2D eigenvalue weighted by atomic mass is 10.0. The molecule has 0 fully saturated rings. The molecule has 0 radical (unpaired) electrons. The predicted octanol–water partition coefficient (Wildman–Crippen LogP) is 4.10. The van der Waals surface area contributed by atoms with Gasteiger partial charge in [-0.25, -0.2) is 13.2 Å². The summed E-state index contributed by atoms with van der Waals surface area (Å²) in [6.07, 6.45) is 0. The molecule has 2 rings (SSSR count). The average Bonchev–Trinajstić information content (AvgIpc) is 2.32. The van der Waals surface area contributed by atoms with Gasteiger partial charge in [0.05, 0.1) is 10.0 Å². The molecule has 92 valence electrons. The maximum atomic E-state index is 13.4. The van der Waals surface area contributed by atoms with Crippen molar-refractivity contribution in [3.05, 3.63) is 69.4 Å². The zero-order chi connectivity index (χ0) is 13.3. The van der Waals surface area contributed by atoms with Crippen LogP contribution in [0.3, 0.4) is 0 Å². The first kappa shape index (κ1) is 12.8.